The van der Waals surface area contributed by atoms with Crippen LogP contribution in [-0.2, 0) is 0 Å². The second kappa shape index (κ2) is 7.78. The van der Waals surface area contributed by atoms with Crippen LogP contribution in [-0.4, -0.2) is 21.0 Å². The van der Waals surface area contributed by atoms with Crippen molar-refractivity contribution in [1.82, 2.24) is 14.8 Å². The number of anilines is 1. The molecular weight excluding hydrogens is 435 g/mol. The van der Waals surface area contributed by atoms with E-state index in [1.54, 1.807) is 12.1 Å². The fraction of sp³-hybridized carbons (Fsp3) is 0.154. The maximum absolute atomic E-state index is 13.8. The summed E-state index contributed by atoms with van der Waals surface area (Å²) in [7, 11) is 0. The zero-order valence-electron chi connectivity index (χ0n) is 18.1. The molecule has 0 saturated heterocycles. The molecule has 5 nitrogen and oxygen atoms in total. The zero-order chi connectivity index (χ0) is 22.5. The van der Waals surface area contributed by atoms with Gasteiger partial charge in [-0.15, -0.1) is 5.10 Å². The number of benzene rings is 3. The van der Waals surface area contributed by atoms with E-state index in [-0.39, 0.29) is 11.9 Å². The van der Waals surface area contributed by atoms with Crippen molar-refractivity contribution in [1.29, 1.82) is 0 Å². The summed E-state index contributed by atoms with van der Waals surface area (Å²) in [4.78, 5) is 4.72. The fourth-order valence-corrected chi connectivity index (χ4v) is 4.87. The summed E-state index contributed by atoms with van der Waals surface area (Å²) >= 11 is 1.51. The van der Waals surface area contributed by atoms with Gasteiger partial charge in [0, 0.05) is 11.1 Å². The first-order valence-corrected chi connectivity index (χ1v) is 11.9. The summed E-state index contributed by atoms with van der Waals surface area (Å²) in [5.41, 5.74) is 6.11. The Morgan fingerprint density at radius 3 is 2.45 bits per heavy atom. The van der Waals surface area contributed by atoms with Gasteiger partial charge in [-0.05, 0) is 48.6 Å². The molecule has 164 valence electrons. The number of aryl methyl sites for hydroxylation is 1. The van der Waals surface area contributed by atoms with Gasteiger partial charge in [0.1, 0.15) is 23.7 Å². The molecule has 0 radical (unpaired) electrons. The molecule has 7 heteroatoms. The number of nitrogens with zero attached hydrogens (tertiary/aromatic N) is 3. The van der Waals surface area contributed by atoms with Crippen molar-refractivity contribution in [2.24, 2.45) is 0 Å². The Labute approximate surface area is 195 Å². The zero-order valence-corrected chi connectivity index (χ0v) is 18.9. The third kappa shape index (κ3) is 3.31. The SMILES string of the molecule is CSc1nc2n(n1)[C@@H](c1ccc(C)cc1)C1=C(N2)c2ccccc2O[C@H]1c1ccc(F)cc1. The average Bonchev–Trinajstić information content (AvgIpc) is 3.26. The second-order valence-electron chi connectivity index (χ2n) is 8.18. The van der Waals surface area contributed by atoms with Gasteiger partial charge < -0.3 is 10.1 Å². The first kappa shape index (κ1) is 20.1. The van der Waals surface area contributed by atoms with Crippen LogP contribution >= 0.6 is 11.8 Å². The van der Waals surface area contributed by atoms with Gasteiger partial charge in [0.25, 0.3) is 0 Å². The smallest absolute Gasteiger partial charge is 0.227 e. The average molecular weight is 457 g/mol. The normalized spacial score (nSPS) is 18.6. The fourth-order valence-electron chi connectivity index (χ4n) is 4.53. The summed E-state index contributed by atoms with van der Waals surface area (Å²) in [5, 5.41) is 9.02. The Morgan fingerprint density at radius 1 is 0.970 bits per heavy atom. The van der Waals surface area contributed by atoms with Crippen LogP contribution in [0.3, 0.4) is 0 Å². The Morgan fingerprint density at radius 2 is 1.70 bits per heavy atom. The molecule has 3 aromatic carbocycles. The predicted octanol–water partition coefficient (Wildman–Crippen LogP) is 6.01. The predicted molar refractivity (Wildman–Crippen MR) is 128 cm³/mol. The lowest BCUT2D eigenvalue weighted by molar-refractivity contribution is 0.223. The molecule has 2 aliphatic rings. The van der Waals surface area contributed by atoms with E-state index in [9.17, 15) is 4.39 Å². The minimum atomic E-state index is -0.413. The molecule has 33 heavy (non-hydrogen) atoms. The third-order valence-corrected chi connectivity index (χ3v) is 6.65. The minimum absolute atomic E-state index is 0.228. The van der Waals surface area contributed by atoms with E-state index in [1.165, 1.54) is 29.5 Å². The summed E-state index contributed by atoms with van der Waals surface area (Å²) in [6.07, 6.45) is 1.55. The van der Waals surface area contributed by atoms with Gasteiger partial charge in [-0.1, -0.05) is 65.9 Å². The number of nitrogens with one attached hydrogen (secondary N) is 1. The lowest BCUT2D eigenvalue weighted by atomic mass is 9.84. The van der Waals surface area contributed by atoms with E-state index >= 15 is 0 Å². The van der Waals surface area contributed by atoms with E-state index in [1.807, 2.05) is 35.2 Å². The molecule has 0 bridgehead atoms. The van der Waals surface area contributed by atoms with Crippen molar-refractivity contribution >= 4 is 23.4 Å². The molecular formula is C26H21FN4OS. The lowest BCUT2D eigenvalue weighted by Crippen LogP contribution is -2.32. The van der Waals surface area contributed by atoms with Gasteiger partial charge in [0.15, 0.2) is 0 Å². The van der Waals surface area contributed by atoms with Crippen LogP contribution in [0, 0.1) is 12.7 Å². The number of thioether (sulfide) groups is 1. The van der Waals surface area contributed by atoms with Crippen LogP contribution in [0.15, 0.2) is 83.5 Å². The van der Waals surface area contributed by atoms with Crippen molar-refractivity contribution < 1.29 is 9.13 Å². The summed E-state index contributed by atoms with van der Waals surface area (Å²) < 4.78 is 22.3. The van der Waals surface area contributed by atoms with Crippen LogP contribution in [0.25, 0.3) is 5.70 Å². The van der Waals surface area contributed by atoms with Gasteiger partial charge in [0.05, 0.1) is 5.70 Å². The molecule has 1 aromatic heterocycles. The number of hydrogen-bond acceptors (Lipinski definition) is 5. The van der Waals surface area contributed by atoms with Crippen molar-refractivity contribution in [2.75, 3.05) is 11.6 Å². The molecule has 0 aliphatic carbocycles. The third-order valence-electron chi connectivity index (χ3n) is 6.11. The Kier molecular flexibility index (Phi) is 4.73. The van der Waals surface area contributed by atoms with Gasteiger partial charge in [0.2, 0.25) is 11.1 Å². The highest BCUT2D eigenvalue weighted by Crippen LogP contribution is 2.50. The quantitative estimate of drug-likeness (QED) is 0.383. The molecule has 0 amide bonds. The molecule has 2 atom stereocenters. The second-order valence-corrected chi connectivity index (χ2v) is 8.95. The van der Waals surface area contributed by atoms with Crippen LogP contribution < -0.4 is 10.1 Å². The first-order valence-electron chi connectivity index (χ1n) is 10.7. The summed E-state index contributed by atoms with van der Waals surface area (Å²) in [6.45, 7) is 2.07. The van der Waals surface area contributed by atoms with Crippen molar-refractivity contribution in [3.05, 3.63) is 106 Å². The molecule has 0 unspecified atom stereocenters. The van der Waals surface area contributed by atoms with Crippen molar-refractivity contribution in [3.8, 4) is 5.75 Å². The monoisotopic (exact) mass is 456 g/mol. The number of para-hydroxylation sites is 1. The number of rotatable bonds is 3. The largest absolute Gasteiger partial charge is 0.480 e. The molecule has 0 saturated carbocycles. The minimum Gasteiger partial charge on any atom is -0.480 e. The first-order chi connectivity index (χ1) is 16.1. The Bertz CT molecular complexity index is 1380. The highest BCUT2D eigenvalue weighted by molar-refractivity contribution is 7.98. The number of halogens is 1. The van der Waals surface area contributed by atoms with Gasteiger partial charge in [-0.3, -0.25) is 0 Å². The van der Waals surface area contributed by atoms with Gasteiger partial charge >= 0.3 is 0 Å². The maximum Gasteiger partial charge on any atom is 0.227 e. The van der Waals surface area contributed by atoms with E-state index in [2.05, 4.69) is 36.5 Å². The van der Waals surface area contributed by atoms with E-state index < -0.39 is 6.10 Å². The molecule has 0 spiro atoms. The van der Waals surface area contributed by atoms with E-state index in [0.717, 1.165) is 33.7 Å². The van der Waals surface area contributed by atoms with Crippen LogP contribution in [0.1, 0.15) is 34.4 Å². The van der Waals surface area contributed by atoms with E-state index in [4.69, 9.17) is 14.8 Å². The summed E-state index contributed by atoms with van der Waals surface area (Å²) in [5.74, 6) is 1.20. The summed E-state index contributed by atoms with van der Waals surface area (Å²) in [6, 6.07) is 22.7. The van der Waals surface area contributed by atoms with Crippen molar-refractivity contribution in [3.63, 3.8) is 0 Å². The highest BCUT2D eigenvalue weighted by Gasteiger charge is 2.41. The molecule has 6 rings (SSSR count). The van der Waals surface area contributed by atoms with Crippen molar-refractivity contribution in [2.45, 2.75) is 24.2 Å². The van der Waals surface area contributed by atoms with Gasteiger partial charge in [-0.2, -0.15) is 4.98 Å². The highest BCUT2D eigenvalue weighted by atomic mass is 32.2. The molecule has 3 heterocycles. The Balaban J connectivity index is 1.62. The topological polar surface area (TPSA) is 52.0 Å². The maximum atomic E-state index is 13.8. The number of hydrogen-bond donors (Lipinski definition) is 1. The molecule has 4 aromatic rings. The number of aromatic nitrogens is 3. The van der Waals surface area contributed by atoms with Crippen LogP contribution in [0.5, 0.6) is 5.75 Å². The molecule has 1 N–H and O–H groups in total. The lowest BCUT2D eigenvalue weighted by Gasteiger charge is -2.39. The molecule has 2 aliphatic heterocycles. The number of fused-ring (bicyclic) bond motifs is 3. The standard InChI is InChI=1S/C26H21FN4OS/c1-15-7-9-16(10-8-15)23-21-22(28-25-29-26(33-2)30-31(23)25)19-5-3-4-6-20(19)32-24(21)17-11-13-18(27)14-12-17/h3-14,23-24H,1-2H3,(H,28,29,30)/t23-,24-/m0/s1. The van der Waals surface area contributed by atoms with Gasteiger partial charge in [-0.25, -0.2) is 9.07 Å². The molecule has 0 fully saturated rings. The Hall–Kier alpha value is -3.58. The van der Waals surface area contributed by atoms with Crippen LogP contribution in [0.2, 0.25) is 0 Å². The number of ether oxygens (including phenoxy) is 1. The van der Waals surface area contributed by atoms with Crippen LogP contribution in [0.4, 0.5) is 10.3 Å². The van der Waals surface area contributed by atoms with E-state index in [0.29, 0.717) is 11.1 Å².